The highest BCUT2D eigenvalue weighted by Gasteiger charge is 2.33. The summed E-state index contributed by atoms with van der Waals surface area (Å²) in [6, 6.07) is 7.02. The number of carboxylic acid groups (broad SMARTS) is 1. The van der Waals surface area contributed by atoms with Gasteiger partial charge in [0.05, 0.1) is 0 Å². The Morgan fingerprint density at radius 3 is 2.55 bits per heavy atom. The van der Waals surface area contributed by atoms with E-state index in [-0.39, 0.29) is 5.91 Å². The number of rotatable bonds is 4. The van der Waals surface area contributed by atoms with Crippen molar-refractivity contribution in [1.82, 2.24) is 4.90 Å². The third-order valence-electron chi connectivity index (χ3n) is 3.79. The van der Waals surface area contributed by atoms with E-state index in [4.69, 9.17) is 0 Å². The van der Waals surface area contributed by atoms with Crippen LogP contribution in [-0.2, 0) is 22.6 Å². The highest BCUT2D eigenvalue weighted by molar-refractivity contribution is 5.84. The first kappa shape index (κ1) is 14.6. The van der Waals surface area contributed by atoms with E-state index in [1.54, 1.807) is 0 Å². The van der Waals surface area contributed by atoms with E-state index < -0.39 is 12.0 Å². The molecule has 1 amide bonds. The van der Waals surface area contributed by atoms with Gasteiger partial charge in [0.2, 0.25) is 5.91 Å². The lowest BCUT2D eigenvalue weighted by atomic mass is 9.93. The van der Waals surface area contributed by atoms with Crippen molar-refractivity contribution in [2.45, 2.75) is 45.7 Å². The molecule has 0 aromatic heterocycles. The van der Waals surface area contributed by atoms with Crippen LogP contribution in [-0.4, -0.2) is 27.9 Å². The summed E-state index contributed by atoms with van der Waals surface area (Å²) in [6.07, 6.45) is 1.62. The molecule has 0 saturated heterocycles. The Morgan fingerprint density at radius 1 is 1.30 bits per heavy atom. The number of carbonyl (C=O) groups is 2. The molecule has 0 radical (unpaired) electrons. The molecule has 1 heterocycles. The molecule has 1 aliphatic rings. The largest absolute Gasteiger partial charge is 0.480 e. The second kappa shape index (κ2) is 6.07. The summed E-state index contributed by atoms with van der Waals surface area (Å²) in [6.45, 7) is 4.53. The van der Waals surface area contributed by atoms with Crippen LogP contribution in [0.2, 0.25) is 0 Å². The Balaban J connectivity index is 2.18. The van der Waals surface area contributed by atoms with Gasteiger partial charge in [0.15, 0.2) is 0 Å². The van der Waals surface area contributed by atoms with E-state index in [1.165, 1.54) is 4.90 Å². The van der Waals surface area contributed by atoms with E-state index in [0.717, 1.165) is 17.5 Å². The quantitative estimate of drug-likeness (QED) is 0.918. The van der Waals surface area contributed by atoms with Gasteiger partial charge >= 0.3 is 5.97 Å². The summed E-state index contributed by atoms with van der Waals surface area (Å²) in [5.41, 5.74) is 2.09. The number of carboxylic acids is 1. The zero-order chi connectivity index (χ0) is 14.7. The zero-order valence-corrected chi connectivity index (χ0v) is 12.0. The Kier molecular flexibility index (Phi) is 4.42. The number of nitrogens with zero attached hydrogens (tertiary/aromatic N) is 1. The van der Waals surface area contributed by atoms with Crippen molar-refractivity contribution < 1.29 is 14.7 Å². The number of benzene rings is 1. The fourth-order valence-electron chi connectivity index (χ4n) is 2.56. The summed E-state index contributed by atoms with van der Waals surface area (Å²) >= 11 is 0. The molecule has 1 atom stereocenters. The average Bonchev–Trinajstić information content (AvgIpc) is 2.43. The van der Waals surface area contributed by atoms with Crippen molar-refractivity contribution in [2.24, 2.45) is 5.92 Å². The molecule has 1 N–H and O–H groups in total. The molecule has 4 heteroatoms. The number of hydrogen-bond donors (Lipinski definition) is 1. The van der Waals surface area contributed by atoms with Gasteiger partial charge < -0.3 is 10.0 Å². The molecule has 1 aliphatic heterocycles. The smallest absolute Gasteiger partial charge is 0.326 e. The standard InChI is InChI=1S/C16H21NO3/c1-11(2)7-8-15(18)17-10-13-6-4-3-5-12(13)9-14(17)16(19)20/h3-6,11,14H,7-10H2,1-2H3,(H,19,20). The van der Waals surface area contributed by atoms with Crippen LogP contribution in [0, 0.1) is 5.92 Å². The third-order valence-corrected chi connectivity index (χ3v) is 3.79. The Bertz CT molecular complexity index is 510. The highest BCUT2D eigenvalue weighted by Crippen LogP contribution is 2.24. The molecule has 2 rings (SSSR count). The summed E-state index contributed by atoms with van der Waals surface area (Å²) in [5, 5.41) is 9.37. The van der Waals surface area contributed by atoms with E-state index >= 15 is 0 Å². The maximum absolute atomic E-state index is 12.3. The van der Waals surface area contributed by atoms with Gasteiger partial charge in [0.25, 0.3) is 0 Å². The molecule has 0 bridgehead atoms. The Hall–Kier alpha value is -1.84. The minimum absolute atomic E-state index is 0.0550. The van der Waals surface area contributed by atoms with Crippen LogP contribution in [0.4, 0.5) is 0 Å². The Labute approximate surface area is 119 Å². The second-order valence-electron chi connectivity index (χ2n) is 5.78. The predicted molar refractivity (Wildman–Crippen MR) is 76.2 cm³/mol. The van der Waals surface area contributed by atoms with Gasteiger partial charge in [-0.2, -0.15) is 0 Å². The lowest BCUT2D eigenvalue weighted by Crippen LogP contribution is -2.48. The van der Waals surface area contributed by atoms with Crippen LogP contribution in [0.5, 0.6) is 0 Å². The zero-order valence-electron chi connectivity index (χ0n) is 12.0. The molecule has 20 heavy (non-hydrogen) atoms. The van der Waals surface area contributed by atoms with E-state index in [1.807, 2.05) is 24.3 Å². The second-order valence-corrected chi connectivity index (χ2v) is 5.78. The molecular formula is C16H21NO3. The summed E-state index contributed by atoms with van der Waals surface area (Å²) in [5.74, 6) is -0.530. The fraction of sp³-hybridized carbons (Fsp3) is 0.500. The average molecular weight is 275 g/mol. The van der Waals surface area contributed by atoms with Crippen molar-refractivity contribution in [3.05, 3.63) is 35.4 Å². The van der Waals surface area contributed by atoms with Crippen LogP contribution in [0.3, 0.4) is 0 Å². The summed E-state index contributed by atoms with van der Waals surface area (Å²) in [7, 11) is 0. The summed E-state index contributed by atoms with van der Waals surface area (Å²) < 4.78 is 0. The maximum Gasteiger partial charge on any atom is 0.326 e. The number of aliphatic carboxylic acids is 1. The van der Waals surface area contributed by atoms with Crippen molar-refractivity contribution in [3.8, 4) is 0 Å². The van der Waals surface area contributed by atoms with Gasteiger partial charge in [-0.15, -0.1) is 0 Å². The van der Waals surface area contributed by atoms with Gasteiger partial charge in [0, 0.05) is 19.4 Å². The maximum atomic E-state index is 12.3. The SMILES string of the molecule is CC(C)CCC(=O)N1Cc2ccccc2CC1C(=O)O. The van der Waals surface area contributed by atoms with Crippen molar-refractivity contribution in [2.75, 3.05) is 0 Å². The summed E-state index contributed by atoms with van der Waals surface area (Å²) in [4.78, 5) is 25.2. The number of carbonyl (C=O) groups excluding carboxylic acids is 1. The highest BCUT2D eigenvalue weighted by atomic mass is 16.4. The van der Waals surface area contributed by atoms with E-state index in [2.05, 4.69) is 13.8 Å². The molecule has 0 aliphatic carbocycles. The molecule has 1 aromatic rings. The monoisotopic (exact) mass is 275 g/mol. The van der Waals surface area contributed by atoms with Gasteiger partial charge in [-0.05, 0) is 23.5 Å². The van der Waals surface area contributed by atoms with Crippen molar-refractivity contribution >= 4 is 11.9 Å². The minimum Gasteiger partial charge on any atom is -0.480 e. The number of hydrogen-bond acceptors (Lipinski definition) is 2. The van der Waals surface area contributed by atoms with Gasteiger partial charge in [-0.3, -0.25) is 4.79 Å². The predicted octanol–water partition coefficient (Wildman–Crippen LogP) is 2.46. The normalized spacial score (nSPS) is 17.9. The first-order valence-electron chi connectivity index (χ1n) is 7.08. The first-order valence-corrected chi connectivity index (χ1v) is 7.08. The Morgan fingerprint density at radius 2 is 1.95 bits per heavy atom. The van der Waals surface area contributed by atoms with Crippen LogP contribution >= 0.6 is 0 Å². The van der Waals surface area contributed by atoms with E-state index in [0.29, 0.717) is 25.3 Å². The lowest BCUT2D eigenvalue weighted by molar-refractivity contribution is -0.151. The molecule has 1 unspecified atom stereocenters. The molecule has 4 nitrogen and oxygen atoms in total. The van der Waals surface area contributed by atoms with Crippen molar-refractivity contribution in [3.63, 3.8) is 0 Å². The molecule has 0 saturated carbocycles. The first-order chi connectivity index (χ1) is 9.49. The number of fused-ring (bicyclic) bond motifs is 1. The third kappa shape index (κ3) is 3.18. The fourth-order valence-corrected chi connectivity index (χ4v) is 2.56. The molecule has 0 spiro atoms. The van der Waals surface area contributed by atoms with Crippen molar-refractivity contribution in [1.29, 1.82) is 0 Å². The van der Waals surface area contributed by atoms with Gasteiger partial charge in [-0.25, -0.2) is 4.79 Å². The topological polar surface area (TPSA) is 57.6 Å². The molecular weight excluding hydrogens is 254 g/mol. The lowest BCUT2D eigenvalue weighted by Gasteiger charge is -2.34. The minimum atomic E-state index is -0.919. The molecule has 1 aromatic carbocycles. The van der Waals surface area contributed by atoms with Crippen LogP contribution in [0.25, 0.3) is 0 Å². The van der Waals surface area contributed by atoms with Crippen LogP contribution in [0.15, 0.2) is 24.3 Å². The van der Waals surface area contributed by atoms with Gasteiger partial charge in [-0.1, -0.05) is 38.1 Å². The van der Waals surface area contributed by atoms with Gasteiger partial charge in [0.1, 0.15) is 6.04 Å². The van der Waals surface area contributed by atoms with Crippen LogP contribution in [0.1, 0.15) is 37.8 Å². The van der Waals surface area contributed by atoms with Crippen LogP contribution < -0.4 is 0 Å². The molecule has 108 valence electrons. The molecule has 0 fully saturated rings. The van der Waals surface area contributed by atoms with E-state index in [9.17, 15) is 14.7 Å². The number of amides is 1.